The van der Waals surface area contributed by atoms with Gasteiger partial charge in [0, 0.05) is 5.56 Å². The Morgan fingerprint density at radius 3 is 2.32 bits per heavy atom. The van der Waals surface area contributed by atoms with Gasteiger partial charge in [-0.15, -0.1) is 0 Å². The number of benzene rings is 3. The fraction of sp³-hybridized carbons (Fsp3) is 0.231. The third-order valence-electron chi connectivity index (χ3n) is 5.13. The van der Waals surface area contributed by atoms with Gasteiger partial charge in [0.25, 0.3) is 5.91 Å². The molecule has 3 aromatic rings. The molecule has 0 spiro atoms. The molecule has 1 unspecified atom stereocenters. The van der Waals surface area contributed by atoms with Crippen molar-refractivity contribution >= 4 is 11.9 Å². The molecule has 8 heteroatoms. The summed E-state index contributed by atoms with van der Waals surface area (Å²) in [5, 5.41) is 2.88. The summed E-state index contributed by atoms with van der Waals surface area (Å²) in [6, 6.07) is 17.1. The summed E-state index contributed by atoms with van der Waals surface area (Å²) in [5.41, 5.74) is 1.80. The second kappa shape index (κ2) is 11.7. The summed E-state index contributed by atoms with van der Waals surface area (Å²) in [5.74, 6) is 0.291. The van der Waals surface area contributed by atoms with E-state index in [9.17, 15) is 14.0 Å². The lowest BCUT2D eigenvalue weighted by molar-refractivity contribution is -0.141. The molecule has 0 aliphatic heterocycles. The largest absolute Gasteiger partial charge is 0.493 e. The second-order valence-electron chi connectivity index (χ2n) is 7.36. The van der Waals surface area contributed by atoms with E-state index in [0.717, 1.165) is 5.56 Å². The van der Waals surface area contributed by atoms with E-state index in [0.29, 0.717) is 28.4 Å². The molecule has 3 aromatic carbocycles. The Bertz CT molecular complexity index is 1130. The van der Waals surface area contributed by atoms with E-state index < -0.39 is 17.9 Å². The monoisotopic (exact) mass is 467 g/mol. The Balaban J connectivity index is 1.76. The molecule has 1 atom stereocenters. The minimum absolute atomic E-state index is 0.0710. The van der Waals surface area contributed by atoms with Crippen LogP contribution in [0.4, 0.5) is 4.39 Å². The van der Waals surface area contributed by atoms with Crippen LogP contribution in [-0.2, 0) is 16.1 Å². The number of carbonyl (C=O) groups is 2. The van der Waals surface area contributed by atoms with Crippen molar-refractivity contribution < 1.29 is 32.9 Å². The Labute approximate surface area is 197 Å². The first-order chi connectivity index (χ1) is 16.4. The van der Waals surface area contributed by atoms with Gasteiger partial charge in [-0.1, -0.05) is 24.3 Å². The van der Waals surface area contributed by atoms with Crippen LogP contribution in [0.3, 0.4) is 0 Å². The molecule has 0 aromatic heterocycles. The smallest absolute Gasteiger partial charge is 0.307 e. The molecule has 0 bridgehead atoms. The normalized spacial score (nSPS) is 11.3. The summed E-state index contributed by atoms with van der Waals surface area (Å²) in [7, 11) is 4.32. The van der Waals surface area contributed by atoms with Gasteiger partial charge in [-0.2, -0.15) is 0 Å². The molecular formula is C26H26FNO6. The zero-order valence-corrected chi connectivity index (χ0v) is 19.2. The van der Waals surface area contributed by atoms with Crippen molar-refractivity contribution in [3.05, 3.63) is 89.2 Å². The van der Waals surface area contributed by atoms with Crippen molar-refractivity contribution in [1.82, 2.24) is 5.32 Å². The van der Waals surface area contributed by atoms with Gasteiger partial charge >= 0.3 is 5.97 Å². The molecule has 178 valence electrons. The van der Waals surface area contributed by atoms with Gasteiger partial charge < -0.3 is 24.3 Å². The van der Waals surface area contributed by atoms with Gasteiger partial charge in [-0.3, -0.25) is 9.59 Å². The Hall–Kier alpha value is -4.07. The molecule has 34 heavy (non-hydrogen) atoms. The third-order valence-corrected chi connectivity index (χ3v) is 5.13. The van der Waals surface area contributed by atoms with E-state index in [-0.39, 0.29) is 18.8 Å². The lowest BCUT2D eigenvalue weighted by Gasteiger charge is -2.20. The quantitative estimate of drug-likeness (QED) is 0.444. The molecular weight excluding hydrogens is 441 g/mol. The number of hydrogen-bond acceptors (Lipinski definition) is 6. The van der Waals surface area contributed by atoms with Gasteiger partial charge in [0.1, 0.15) is 18.2 Å². The van der Waals surface area contributed by atoms with Crippen molar-refractivity contribution in [2.24, 2.45) is 0 Å². The van der Waals surface area contributed by atoms with Crippen LogP contribution in [0.2, 0.25) is 0 Å². The van der Waals surface area contributed by atoms with Gasteiger partial charge in [-0.25, -0.2) is 4.39 Å². The molecule has 0 aliphatic carbocycles. The highest BCUT2D eigenvalue weighted by molar-refractivity contribution is 5.95. The van der Waals surface area contributed by atoms with E-state index >= 15 is 0 Å². The Morgan fingerprint density at radius 1 is 0.912 bits per heavy atom. The van der Waals surface area contributed by atoms with Crippen LogP contribution >= 0.6 is 0 Å². The molecule has 1 N–H and O–H groups in total. The highest BCUT2D eigenvalue weighted by Gasteiger charge is 2.21. The van der Waals surface area contributed by atoms with E-state index in [1.807, 2.05) is 0 Å². The van der Waals surface area contributed by atoms with Crippen molar-refractivity contribution in [2.45, 2.75) is 19.1 Å². The van der Waals surface area contributed by atoms with E-state index in [1.54, 1.807) is 54.6 Å². The van der Waals surface area contributed by atoms with Crippen LogP contribution < -0.4 is 19.5 Å². The minimum atomic E-state index is -0.663. The molecule has 3 rings (SSSR count). The molecule has 0 heterocycles. The van der Waals surface area contributed by atoms with Crippen LogP contribution in [0.15, 0.2) is 66.7 Å². The lowest BCUT2D eigenvalue weighted by atomic mass is 10.0. The standard InChI is InChI=1S/C26H26FNO6/c1-31-23-12-9-18(14-24(23)32-2)22(15-25(29)33-3)28-26(30)19-5-4-6-21(13-19)34-16-17-7-10-20(27)11-8-17/h4-14,22H,15-16H2,1-3H3,(H,28,30). The average Bonchev–Trinajstić information content (AvgIpc) is 2.87. The minimum Gasteiger partial charge on any atom is -0.493 e. The van der Waals surface area contributed by atoms with Crippen molar-refractivity contribution in [1.29, 1.82) is 0 Å². The van der Waals surface area contributed by atoms with Gasteiger partial charge in [-0.05, 0) is 53.6 Å². The first kappa shape index (κ1) is 24.6. The van der Waals surface area contributed by atoms with Crippen molar-refractivity contribution in [3.63, 3.8) is 0 Å². The van der Waals surface area contributed by atoms with E-state index in [4.69, 9.17) is 18.9 Å². The highest BCUT2D eigenvalue weighted by Crippen LogP contribution is 2.31. The molecule has 1 amide bonds. The van der Waals surface area contributed by atoms with Crippen molar-refractivity contribution in [3.8, 4) is 17.2 Å². The number of nitrogens with one attached hydrogen (secondary N) is 1. The summed E-state index contributed by atoms with van der Waals surface area (Å²) in [4.78, 5) is 25.0. The number of halogens is 1. The maximum atomic E-state index is 13.1. The SMILES string of the molecule is COC(=O)CC(NC(=O)c1cccc(OCc2ccc(F)cc2)c1)c1ccc(OC)c(OC)c1. The van der Waals surface area contributed by atoms with Crippen LogP contribution in [0.5, 0.6) is 17.2 Å². The number of hydrogen-bond donors (Lipinski definition) is 1. The predicted molar refractivity (Wildman–Crippen MR) is 124 cm³/mol. The molecule has 0 saturated heterocycles. The van der Waals surface area contributed by atoms with E-state index in [1.165, 1.54) is 33.5 Å². The Kier molecular flexibility index (Phi) is 8.45. The van der Waals surface area contributed by atoms with Gasteiger partial charge in [0.2, 0.25) is 0 Å². The fourth-order valence-corrected chi connectivity index (χ4v) is 3.29. The van der Waals surface area contributed by atoms with Crippen LogP contribution in [0.25, 0.3) is 0 Å². The molecule has 7 nitrogen and oxygen atoms in total. The van der Waals surface area contributed by atoms with E-state index in [2.05, 4.69) is 5.32 Å². The number of esters is 1. The number of ether oxygens (including phenoxy) is 4. The molecule has 0 aliphatic rings. The zero-order valence-electron chi connectivity index (χ0n) is 19.2. The van der Waals surface area contributed by atoms with Gasteiger partial charge in [0.05, 0.1) is 33.8 Å². The first-order valence-electron chi connectivity index (χ1n) is 10.5. The third kappa shape index (κ3) is 6.48. The maximum absolute atomic E-state index is 13.1. The van der Waals surface area contributed by atoms with Crippen LogP contribution in [0, 0.1) is 5.82 Å². The molecule has 0 radical (unpaired) electrons. The van der Waals surface area contributed by atoms with Crippen LogP contribution in [0.1, 0.15) is 33.9 Å². The number of carbonyl (C=O) groups excluding carboxylic acids is 2. The second-order valence-corrected chi connectivity index (χ2v) is 7.36. The molecule has 0 saturated carbocycles. The average molecular weight is 467 g/mol. The summed E-state index contributed by atoms with van der Waals surface area (Å²) in [6.07, 6.45) is -0.0710. The summed E-state index contributed by atoms with van der Waals surface area (Å²) in [6.45, 7) is 0.224. The highest BCUT2D eigenvalue weighted by atomic mass is 19.1. The van der Waals surface area contributed by atoms with Crippen molar-refractivity contribution in [2.75, 3.05) is 21.3 Å². The fourth-order valence-electron chi connectivity index (χ4n) is 3.29. The maximum Gasteiger partial charge on any atom is 0.307 e. The number of methoxy groups -OCH3 is 3. The lowest BCUT2D eigenvalue weighted by Crippen LogP contribution is -2.30. The summed E-state index contributed by atoms with van der Waals surface area (Å²) < 4.78 is 34.2. The Morgan fingerprint density at radius 2 is 1.65 bits per heavy atom. The number of amides is 1. The topological polar surface area (TPSA) is 83.1 Å². The zero-order chi connectivity index (χ0) is 24.5. The van der Waals surface area contributed by atoms with Gasteiger partial charge in [0.15, 0.2) is 11.5 Å². The number of rotatable bonds is 10. The summed E-state index contributed by atoms with van der Waals surface area (Å²) >= 11 is 0. The first-order valence-corrected chi connectivity index (χ1v) is 10.5. The molecule has 0 fully saturated rings. The predicted octanol–water partition coefficient (Wildman–Crippen LogP) is 4.46. The van der Waals surface area contributed by atoms with Crippen LogP contribution in [-0.4, -0.2) is 33.2 Å².